The SMILES string of the molecule is CC(C)NCC(=O)NC(CCCC(=O)O)C(=O)O. The van der Waals surface area contributed by atoms with Gasteiger partial charge in [-0.25, -0.2) is 4.79 Å². The van der Waals surface area contributed by atoms with Gasteiger partial charge >= 0.3 is 11.9 Å². The lowest BCUT2D eigenvalue weighted by Crippen LogP contribution is -2.45. The zero-order valence-corrected chi connectivity index (χ0v) is 10.6. The van der Waals surface area contributed by atoms with E-state index in [4.69, 9.17) is 10.2 Å². The Balaban J connectivity index is 4.06. The van der Waals surface area contributed by atoms with Crippen LogP contribution < -0.4 is 10.6 Å². The molecule has 0 aromatic rings. The van der Waals surface area contributed by atoms with Gasteiger partial charge in [-0.1, -0.05) is 13.8 Å². The Morgan fingerprint density at radius 3 is 2.22 bits per heavy atom. The fourth-order valence-electron chi connectivity index (χ4n) is 1.26. The highest BCUT2D eigenvalue weighted by molar-refractivity contribution is 5.84. The Morgan fingerprint density at radius 2 is 1.78 bits per heavy atom. The van der Waals surface area contributed by atoms with Crippen molar-refractivity contribution in [2.24, 2.45) is 0 Å². The second-order valence-electron chi connectivity index (χ2n) is 4.28. The highest BCUT2D eigenvalue weighted by atomic mass is 16.4. The number of rotatable bonds is 9. The molecule has 1 amide bonds. The van der Waals surface area contributed by atoms with Gasteiger partial charge in [0.05, 0.1) is 6.54 Å². The molecule has 18 heavy (non-hydrogen) atoms. The Kier molecular flexibility index (Phi) is 7.69. The predicted molar refractivity (Wildman–Crippen MR) is 64.2 cm³/mol. The minimum absolute atomic E-state index is 0.0420. The molecule has 0 spiro atoms. The number of carbonyl (C=O) groups is 3. The fourth-order valence-corrected chi connectivity index (χ4v) is 1.26. The molecular weight excluding hydrogens is 240 g/mol. The third kappa shape index (κ3) is 8.51. The first-order valence-corrected chi connectivity index (χ1v) is 5.80. The maximum Gasteiger partial charge on any atom is 0.326 e. The predicted octanol–water partition coefficient (Wildman–Crippen LogP) is -0.191. The molecule has 7 nitrogen and oxygen atoms in total. The molecular formula is C11H20N2O5. The van der Waals surface area contributed by atoms with Crippen molar-refractivity contribution >= 4 is 17.8 Å². The number of carboxylic acid groups (broad SMARTS) is 2. The van der Waals surface area contributed by atoms with E-state index < -0.39 is 23.9 Å². The van der Waals surface area contributed by atoms with Crippen molar-refractivity contribution in [3.05, 3.63) is 0 Å². The quantitative estimate of drug-likeness (QED) is 0.456. The lowest BCUT2D eigenvalue weighted by molar-refractivity contribution is -0.142. The van der Waals surface area contributed by atoms with Crippen LogP contribution in [0.25, 0.3) is 0 Å². The molecule has 0 radical (unpaired) electrons. The first kappa shape index (κ1) is 16.4. The van der Waals surface area contributed by atoms with Gasteiger partial charge in [0.25, 0.3) is 0 Å². The summed E-state index contributed by atoms with van der Waals surface area (Å²) in [4.78, 5) is 32.6. The lowest BCUT2D eigenvalue weighted by Gasteiger charge is -2.15. The van der Waals surface area contributed by atoms with E-state index >= 15 is 0 Å². The van der Waals surface area contributed by atoms with E-state index in [1.54, 1.807) is 0 Å². The molecule has 0 heterocycles. The molecule has 0 aromatic carbocycles. The summed E-state index contributed by atoms with van der Waals surface area (Å²) in [6.07, 6.45) is 0.211. The summed E-state index contributed by atoms with van der Waals surface area (Å²) in [6, 6.07) is -0.906. The minimum Gasteiger partial charge on any atom is -0.481 e. The smallest absolute Gasteiger partial charge is 0.326 e. The maximum absolute atomic E-state index is 11.4. The molecule has 7 heteroatoms. The van der Waals surface area contributed by atoms with Crippen LogP contribution in [0.2, 0.25) is 0 Å². The summed E-state index contributed by atoms with van der Waals surface area (Å²) >= 11 is 0. The van der Waals surface area contributed by atoms with Crippen LogP contribution in [0, 0.1) is 0 Å². The van der Waals surface area contributed by atoms with Crippen LogP contribution in [0.5, 0.6) is 0 Å². The second-order valence-corrected chi connectivity index (χ2v) is 4.28. The Bertz CT molecular complexity index is 304. The summed E-state index contributed by atoms with van der Waals surface area (Å²) in [7, 11) is 0. The van der Waals surface area contributed by atoms with E-state index in [1.165, 1.54) is 0 Å². The topological polar surface area (TPSA) is 116 Å². The van der Waals surface area contributed by atoms with Crippen molar-refractivity contribution in [2.75, 3.05) is 6.54 Å². The third-order valence-corrected chi connectivity index (χ3v) is 2.19. The van der Waals surface area contributed by atoms with Crippen LogP contribution in [0.4, 0.5) is 0 Å². The molecule has 0 saturated carbocycles. The number of aliphatic carboxylic acids is 2. The van der Waals surface area contributed by atoms with Crippen LogP contribution in [0.15, 0.2) is 0 Å². The van der Waals surface area contributed by atoms with E-state index in [0.717, 1.165) is 0 Å². The van der Waals surface area contributed by atoms with Crippen molar-refractivity contribution in [2.45, 2.75) is 45.2 Å². The van der Waals surface area contributed by atoms with Gasteiger partial charge in [0.1, 0.15) is 6.04 Å². The highest BCUT2D eigenvalue weighted by Gasteiger charge is 2.19. The molecule has 0 saturated heterocycles. The van der Waals surface area contributed by atoms with Crippen LogP contribution in [0.1, 0.15) is 33.1 Å². The third-order valence-electron chi connectivity index (χ3n) is 2.19. The van der Waals surface area contributed by atoms with Crippen molar-refractivity contribution in [1.82, 2.24) is 10.6 Å². The molecule has 0 bridgehead atoms. The first-order valence-electron chi connectivity index (χ1n) is 5.80. The molecule has 0 aliphatic heterocycles. The van der Waals surface area contributed by atoms with E-state index in [1.807, 2.05) is 13.8 Å². The molecule has 0 fully saturated rings. The van der Waals surface area contributed by atoms with Crippen LogP contribution in [0.3, 0.4) is 0 Å². The number of nitrogens with one attached hydrogen (secondary N) is 2. The average Bonchev–Trinajstić information content (AvgIpc) is 2.24. The number of carboxylic acids is 2. The van der Waals surface area contributed by atoms with Gasteiger partial charge in [-0.3, -0.25) is 9.59 Å². The van der Waals surface area contributed by atoms with Crippen molar-refractivity contribution in [1.29, 1.82) is 0 Å². The first-order chi connectivity index (χ1) is 8.32. The molecule has 4 N–H and O–H groups in total. The second kappa shape index (κ2) is 8.46. The van der Waals surface area contributed by atoms with E-state index in [2.05, 4.69) is 10.6 Å². The summed E-state index contributed by atoms with van der Waals surface area (Å²) in [6.45, 7) is 3.78. The summed E-state index contributed by atoms with van der Waals surface area (Å²) in [5, 5.41) is 22.5. The van der Waals surface area contributed by atoms with Gasteiger partial charge in [-0.05, 0) is 12.8 Å². The number of hydrogen-bond acceptors (Lipinski definition) is 4. The summed E-state index contributed by atoms with van der Waals surface area (Å²) in [5.41, 5.74) is 0. The lowest BCUT2D eigenvalue weighted by atomic mass is 10.1. The van der Waals surface area contributed by atoms with E-state index in [0.29, 0.717) is 0 Å². The van der Waals surface area contributed by atoms with E-state index in [9.17, 15) is 14.4 Å². The molecule has 104 valence electrons. The largest absolute Gasteiger partial charge is 0.481 e. The zero-order chi connectivity index (χ0) is 14.1. The standard InChI is InChI=1S/C11H20N2O5/c1-7(2)12-6-9(14)13-8(11(17)18)4-3-5-10(15)16/h7-8,12H,3-6H2,1-2H3,(H,13,14)(H,15,16)(H,17,18). The molecule has 0 rings (SSSR count). The summed E-state index contributed by atoms with van der Waals surface area (Å²) in [5.74, 6) is -2.54. The Labute approximate surface area is 106 Å². The van der Waals surface area contributed by atoms with Gasteiger partial charge in [0.15, 0.2) is 0 Å². The Hall–Kier alpha value is -1.63. The highest BCUT2D eigenvalue weighted by Crippen LogP contribution is 2.01. The molecule has 0 aliphatic carbocycles. The van der Waals surface area contributed by atoms with Gasteiger partial charge < -0.3 is 20.8 Å². The number of amides is 1. The summed E-state index contributed by atoms with van der Waals surface area (Å²) < 4.78 is 0. The fraction of sp³-hybridized carbons (Fsp3) is 0.727. The van der Waals surface area contributed by atoms with Crippen molar-refractivity contribution < 1.29 is 24.6 Å². The normalized spacial score (nSPS) is 12.2. The van der Waals surface area contributed by atoms with Crippen molar-refractivity contribution in [3.8, 4) is 0 Å². The molecule has 0 aliphatic rings. The zero-order valence-electron chi connectivity index (χ0n) is 10.6. The Morgan fingerprint density at radius 1 is 1.17 bits per heavy atom. The van der Waals surface area contributed by atoms with Gasteiger partial charge in [0, 0.05) is 12.5 Å². The number of carbonyl (C=O) groups excluding carboxylic acids is 1. The van der Waals surface area contributed by atoms with Gasteiger partial charge in [0.2, 0.25) is 5.91 Å². The van der Waals surface area contributed by atoms with Crippen LogP contribution in [-0.4, -0.2) is 46.7 Å². The monoisotopic (exact) mass is 260 g/mol. The van der Waals surface area contributed by atoms with E-state index in [-0.39, 0.29) is 31.8 Å². The van der Waals surface area contributed by atoms with Crippen LogP contribution in [-0.2, 0) is 14.4 Å². The van der Waals surface area contributed by atoms with Gasteiger partial charge in [-0.2, -0.15) is 0 Å². The van der Waals surface area contributed by atoms with Gasteiger partial charge in [-0.15, -0.1) is 0 Å². The maximum atomic E-state index is 11.4. The molecule has 1 unspecified atom stereocenters. The minimum atomic E-state index is -1.15. The van der Waals surface area contributed by atoms with Crippen LogP contribution >= 0.6 is 0 Å². The average molecular weight is 260 g/mol. The molecule has 1 atom stereocenters. The number of hydrogen-bond donors (Lipinski definition) is 4. The molecule has 0 aromatic heterocycles. The van der Waals surface area contributed by atoms with Crippen molar-refractivity contribution in [3.63, 3.8) is 0 Å².